The molecule has 2 unspecified atom stereocenters. The molecule has 1 aromatic rings. The lowest BCUT2D eigenvalue weighted by Gasteiger charge is -2.32. The van der Waals surface area contributed by atoms with E-state index in [2.05, 4.69) is 0 Å². The Morgan fingerprint density at radius 3 is 2.67 bits per heavy atom. The number of hydrogen-bond acceptors (Lipinski definition) is 4. The van der Waals surface area contributed by atoms with E-state index in [9.17, 15) is 9.59 Å². The molecule has 1 aliphatic heterocycles. The van der Waals surface area contributed by atoms with Gasteiger partial charge in [-0.05, 0) is 26.0 Å². The second-order valence-corrected chi connectivity index (χ2v) is 5.06. The van der Waals surface area contributed by atoms with Crippen LogP contribution < -0.4 is 4.74 Å². The molecule has 2 rings (SSSR count). The van der Waals surface area contributed by atoms with E-state index in [-0.39, 0.29) is 19.1 Å². The number of carbonyl (C=O) groups is 2. The maximum Gasteiger partial charge on any atom is 0.334 e. The van der Waals surface area contributed by atoms with Crippen LogP contribution in [-0.4, -0.2) is 53.8 Å². The lowest BCUT2D eigenvalue weighted by molar-refractivity contribution is -0.161. The maximum absolute atomic E-state index is 12.3. The van der Waals surface area contributed by atoms with Crippen molar-refractivity contribution in [1.29, 1.82) is 0 Å². The van der Waals surface area contributed by atoms with Crippen molar-refractivity contribution in [3.8, 4) is 5.75 Å². The fraction of sp³-hybridized carbons (Fsp3) is 0.467. The summed E-state index contributed by atoms with van der Waals surface area (Å²) in [5.41, 5.74) is 1.11. The van der Waals surface area contributed by atoms with Crippen LogP contribution in [0.5, 0.6) is 5.75 Å². The summed E-state index contributed by atoms with van der Waals surface area (Å²) < 4.78 is 10.7. The van der Waals surface area contributed by atoms with Gasteiger partial charge in [-0.2, -0.15) is 0 Å². The zero-order valence-corrected chi connectivity index (χ0v) is 12.1. The zero-order chi connectivity index (χ0) is 15.4. The van der Waals surface area contributed by atoms with Crippen LogP contribution in [-0.2, 0) is 14.3 Å². The fourth-order valence-corrected chi connectivity index (χ4v) is 2.13. The first-order valence-electron chi connectivity index (χ1n) is 6.84. The average molecular weight is 293 g/mol. The number of ether oxygens (including phenoxy) is 2. The highest BCUT2D eigenvalue weighted by atomic mass is 16.5. The summed E-state index contributed by atoms with van der Waals surface area (Å²) in [5.74, 6) is -0.672. The summed E-state index contributed by atoms with van der Waals surface area (Å²) in [4.78, 5) is 24.7. The molecule has 0 aromatic heterocycles. The van der Waals surface area contributed by atoms with Gasteiger partial charge >= 0.3 is 5.97 Å². The Labute approximate surface area is 123 Å². The van der Waals surface area contributed by atoms with Gasteiger partial charge in [-0.15, -0.1) is 0 Å². The lowest BCUT2D eigenvalue weighted by atomic mass is 10.2. The van der Waals surface area contributed by atoms with E-state index >= 15 is 0 Å². The molecule has 0 spiro atoms. The van der Waals surface area contributed by atoms with Gasteiger partial charge in [0, 0.05) is 6.54 Å². The molecule has 1 aliphatic rings. The van der Waals surface area contributed by atoms with Gasteiger partial charge in [0.2, 0.25) is 0 Å². The van der Waals surface area contributed by atoms with E-state index in [0.29, 0.717) is 12.3 Å². The summed E-state index contributed by atoms with van der Waals surface area (Å²) in [6, 6.07) is 7.42. The number of rotatable bonds is 4. The van der Waals surface area contributed by atoms with Gasteiger partial charge in [-0.1, -0.05) is 17.7 Å². The van der Waals surface area contributed by atoms with Crippen LogP contribution in [0.15, 0.2) is 24.3 Å². The molecule has 0 aliphatic carbocycles. The van der Waals surface area contributed by atoms with Crippen molar-refractivity contribution in [2.75, 3.05) is 19.7 Å². The van der Waals surface area contributed by atoms with Crippen LogP contribution in [0.2, 0.25) is 0 Å². The van der Waals surface area contributed by atoms with Crippen molar-refractivity contribution >= 4 is 11.9 Å². The van der Waals surface area contributed by atoms with E-state index in [0.717, 1.165) is 5.56 Å². The largest absolute Gasteiger partial charge is 0.481 e. The summed E-state index contributed by atoms with van der Waals surface area (Å²) in [5, 5.41) is 8.94. The Balaban J connectivity index is 1.95. The minimum atomic E-state index is -1.06. The number of aryl methyl sites for hydroxylation is 1. The molecule has 6 nitrogen and oxygen atoms in total. The molecule has 21 heavy (non-hydrogen) atoms. The fourth-order valence-electron chi connectivity index (χ4n) is 2.13. The van der Waals surface area contributed by atoms with Crippen molar-refractivity contribution in [3.05, 3.63) is 29.8 Å². The minimum Gasteiger partial charge on any atom is -0.481 e. The van der Waals surface area contributed by atoms with E-state index in [4.69, 9.17) is 14.6 Å². The smallest absolute Gasteiger partial charge is 0.334 e. The summed E-state index contributed by atoms with van der Waals surface area (Å²) >= 11 is 0. The maximum atomic E-state index is 12.3. The molecule has 1 saturated heterocycles. The van der Waals surface area contributed by atoms with Gasteiger partial charge in [0.05, 0.1) is 13.2 Å². The first-order chi connectivity index (χ1) is 9.97. The lowest BCUT2D eigenvalue weighted by Crippen LogP contribution is -2.51. The number of nitrogens with zero attached hydrogens (tertiary/aromatic N) is 1. The van der Waals surface area contributed by atoms with Gasteiger partial charge in [-0.3, -0.25) is 4.79 Å². The number of amides is 1. The van der Waals surface area contributed by atoms with Crippen LogP contribution in [0.3, 0.4) is 0 Å². The first-order valence-corrected chi connectivity index (χ1v) is 6.84. The SMILES string of the molecule is Cc1ccc(OC(C)C(=O)N2CCOC(C(=O)O)C2)cc1. The molecule has 114 valence electrons. The van der Waals surface area contributed by atoms with Crippen molar-refractivity contribution in [2.45, 2.75) is 26.1 Å². The molecule has 1 aromatic carbocycles. The average Bonchev–Trinajstić information content (AvgIpc) is 2.49. The first kappa shape index (κ1) is 15.3. The predicted molar refractivity (Wildman–Crippen MR) is 75.2 cm³/mol. The molecule has 1 amide bonds. The molecular formula is C15H19NO5. The Bertz CT molecular complexity index is 513. The molecule has 1 heterocycles. The van der Waals surface area contributed by atoms with Crippen LogP contribution >= 0.6 is 0 Å². The summed E-state index contributed by atoms with van der Waals surface area (Å²) in [7, 11) is 0. The zero-order valence-electron chi connectivity index (χ0n) is 12.1. The third-order valence-electron chi connectivity index (χ3n) is 3.34. The molecule has 0 radical (unpaired) electrons. The Hall–Kier alpha value is -2.08. The minimum absolute atomic E-state index is 0.0514. The van der Waals surface area contributed by atoms with E-state index in [1.54, 1.807) is 19.1 Å². The van der Waals surface area contributed by atoms with Crippen LogP contribution in [0.1, 0.15) is 12.5 Å². The molecule has 1 fully saturated rings. The van der Waals surface area contributed by atoms with Gasteiger partial charge < -0.3 is 19.5 Å². The van der Waals surface area contributed by atoms with Gasteiger partial charge in [0.1, 0.15) is 5.75 Å². The van der Waals surface area contributed by atoms with Crippen LogP contribution in [0, 0.1) is 6.92 Å². The number of carboxylic acid groups (broad SMARTS) is 1. The number of carbonyl (C=O) groups excluding carboxylic acids is 1. The van der Waals surface area contributed by atoms with Crippen molar-refractivity contribution < 1.29 is 24.2 Å². The van der Waals surface area contributed by atoms with Gasteiger partial charge in [0.15, 0.2) is 12.2 Å². The quantitative estimate of drug-likeness (QED) is 0.899. The highest BCUT2D eigenvalue weighted by molar-refractivity contribution is 5.82. The van der Waals surface area contributed by atoms with Crippen LogP contribution in [0.25, 0.3) is 0 Å². The van der Waals surface area contributed by atoms with Gasteiger partial charge in [0.25, 0.3) is 5.91 Å². The number of aliphatic carboxylic acids is 1. The molecule has 6 heteroatoms. The number of morpholine rings is 1. The molecule has 1 N–H and O–H groups in total. The number of hydrogen-bond donors (Lipinski definition) is 1. The third-order valence-corrected chi connectivity index (χ3v) is 3.34. The van der Waals surface area contributed by atoms with Crippen molar-refractivity contribution in [3.63, 3.8) is 0 Å². The topological polar surface area (TPSA) is 76.1 Å². The number of benzene rings is 1. The normalized spacial score (nSPS) is 19.9. The predicted octanol–water partition coefficient (Wildman–Crippen LogP) is 1.07. The Morgan fingerprint density at radius 1 is 1.38 bits per heavy atom. The molecule has 2 atom stereocenters. The summed E-state index contributed by atoms with van der Waals surface area (Å²) in [6.45, 7) is 4.28. The van der Waals surface area contributed by atoms with E-state index < -0.39 is 18.2 Å². The van der Waals surface area contributed by atoms with Crippen LogP contribution in [0.4, 0.5) is 0 Å². The molecule has 0 saturated carbocycles. The summed E-state index contributed by atoms with van der Waals surface area (Å²) in [6.07, 6.45) is -1.63. The Kier molecular flexibility index (Phi) is 4.80. The standard InChI is InChI=1S/C15H19NO5/c1-10-3-5-12(6-4-10)21-11(2)14(17)16-7-8-20-13(9-16)15(18)19/h3-6,11,13H,7-9H2,1-2H3,(H,18,19). The van der Waals surface area contributed by atoms with Crippen molar-refractivity contribution in [1.82, 2.24) is 4.90 Å². The highest BCUT2D eigenvalue weighted by Gasteiger charge is 2.31. The van der Waals surface area contributed by atoms with E-state index in [1.165, 1.54) is 4.90 Å². The van der Waals surface area contributed by atoms with E-state index in [1.807, 2.05) is 19.1 Å². The second kappa shape index (κ2) is 6.58. The monoisotopic (exact) mass is 293 g/mol. The van der Waals surface area contributed by atoms with Crippen molar-refractivity contribution in [2.24, 2.45) is 0 Å². The van der Waals surface area contributed by atoms with Gasteiger partial charge in [-0.25, -0.2) is 4.79 Å². The second-order valence-electron chi connectivity index (χ2n) is 5.06. The highest BCUT2D eigenvalue weighted by Crippen LogP contribution is 2.15. The third kappa shape index (κ3) is 3.95. The molecule has 0 bridgehead atoms. The molecular weight excluding hydrogens is 274 g/mol. The number of carboxylic acids is 1. The Morgan fingerprint density at radius 2 is 2.05 bits per heavy atom.